The average Bonchev–Trinajstić information content (AvgIpc) is 3.67. The van der Waals surface area contributed by atoms with Gasteiger partial charge in [0.05, 0.1) is 25.8 Å². The average molecular weight is 578 g/mol. The van der Waals surface area contributed by atoms with Gasteiger partial charge in [-0.1, -0.05) is 5.16 Å². The molecule has 3 aromatic heterocycles. The molecule has 0 fully saturated rings. The Hall–Kier alpha value is -5.18. The number of carboxylic acids is 1. The van der Waals surface area contributed by atoms with E-state index in [0.29, 0.717) is 59.8 Å². The third-order valence-electron chi connectivity index (χ3n) is 6.22. The first kappa shape index (κ1) is 26.1. The number of anilines is 1. The van der Waals surface area contributed by atoms with Crippen molar-refractivity contribution in [1.29, 1.82) is 0 Å². The van der Waals surface area contributed by atoms with Gasteiger partial charge in [0.25, 0.3) is 0 Å². The molecular formula is C26H23N7O7S. The number of H-pyrrole nitrogens is 1. The summed E-state index contributed by atoms with van der Waals surface area (Å²) in [6.45, 7) is 2.65. The van der Waals surface area contributed by atoms with Gasteiger partial charge in [0, 0.05) is 24.6 Å². The summed E-state index contributed by atoms with van der Waals surface area (Å²) in [6, 6.07) is 10.1. The number of aromatic carboxylic acids is 1. The molecule has 0 aliphatic carbocycles. The summed E-state index contributed by atoms with van der Waals surface area (Å²) in [6.07, 6.45) is 0.707. The lowest BCUT2D eigenvalue weighted by atomic mass is 10.0. The van der Waals surface area contributed by atoms with E-state index >= 15 is 0 Å². The Balaban J connectivity index is 1.43. The minimum Gasteiger partial charge on any atom is -0.493 e. The molecule has 0 spiro atoms. The van der Waals surface area contributed by atoms with Crippen molar-refractivity contribution in [2.24, 2.45) is 0 Å². The normalized spacial score (nSPS) is 13.4. The molecular weight excluding hydrogens is 554 g/mol. The van der Waals surface area contributed by atoms with Gasteiger partial charge >= 0.3 is 11.7 Å². The number of ether oxygens (including phenoxy) is 3. The quantitative estimate of drug-likeness (QED) is 0.245. The van der Waals surface area contributed by atoms with Crippen LogP contribution in [0.2, 0.25) is 0 Å². The molecule has 15 heteroatoms. The Bertz CT molecular complexity index is 1770. The molecule has 1 aliphatic rings. The molecule has 14 nitrogen and oxygen atoms in total. The summed E-state index contributed by atoms with van der Waals surface area (Å²) in [5.41, 5.74) is 2.77. The van der Waals surface area contributed by atoms with E-state index in [1.165, 1.54) is 12.6 Å². The maximum absolute atomic E-state index is 13.0. The Morgan fingerprint density at radius 2 is 2.02 bits per heavy atom. The Morgan fingerprint density at radius 1 is 1.22 bits per heavy atom. The van der Waals surface area contributed by atoms with Gasteiger partial charge in [-0.25, -0.2) is 14.6 Å². The maximum atomic E-state index is 13.0. The molecule has 4 heterocycles. The van der Waals surface area contributed by atoms with Crippen LogP contribution in [0.4, 0.5) is 5.69 Å². The number of benzene rings is 2. The van der Waals surface area contributed by atoms with Crippen molar-refractivity contribution in [3.05, 3.63) is 74.5 Å². The molecule has 6 rings (SSSR count). The fourth-order valence-electron chi connectivity index (χ4n) is 4.34. The first-order valence-corrected chi connectivity index (χ1v) is 13.3. The molecule has 3 N–H and O–H groups in total. The van der Waals surface area contributed by atoms with E-state index < -0.39 is 17.7 Å². The molecule has 1 aliphatic heterocycles. The summed E-state index contributed by atoms with van der Waals surface area (Å²) in [5.74, 6) is 1.25. The molecule has 5 aromatic rings. The number of methoxy groups -OCH3 is 1. The van der Waals surface area contributed by atoms with Gasteiger partial charge in [-0.2, -0.15) is 9.67 Å². The number of carboxylic acid groups (broad SMARTS) is 1. The number of carbonyl (C=O) groups is 1. The van der Waals surface area contributed by atoms with E-state index in [-0.39, 0.29) is 16.5 Å². The highest BCUT2D eigenvalue weighted by Gasteiger charge is 2.27. The largest absolute Gasteiger partial charge is 0.493 e. The van der Waals surface area contributed by atoms with Crippen molar-refractivity contribution < 1.29 is 28.6 Å². The first-order valence-electron chi connectivity index (χ1n) is 12.4. The zero-order chi connectivity index (χ0) is 28.5. The van der Waals surface area contributed by atoms with Gasteiger partial charge in [-0.15, -0.1) is 16.4 Å². The monoisotopic (exact) mass is 577 g/mol. The SMILES string of the molecule is COc1cc(C(Nc2ccc(-c3noc(C)n3)cc2)c2nn(-c3ncsc3C(=O)O)c(=O)[nH]2)cc2c1OCCCO2. The fraction of sp³-hybridized carbons (Fsp3) is 0.231. The lowest BCUT2D eigenvalue weighted by molar-refractivity contribution is 0.0701. The van der Waals surface area contributed by atoms with Crippen molar-refractivity contribution in [3.8, 4) is 34.5 Å². The Labute approximate surface area is 235 Å². The van der Waals surface area contributed by atoms with Crippen LogP contribution in [-0.2, 0) is 0 Å². The number of rotatable bonds is 8. The van der Waals surface area contributed by atoms with Crippen LogP contribution in [0.15, 0.2) is 51.2 Å². The minimum absolute atomic E-state index is 0.0789. The van der Waals surface area contributed by atoms with Crippen LogP contribution in [0.5, 0.6) is 17.2 Å². The van der Waals surface area contributed by atoms with Crippen LogP contribution >= 0.6 is 11.3 Å². The number of fused-ring (bicyclic) bond motifs is 1. The highest BCUT2D eigenvalue weighted by Crippen LogP contribution is 2.42. The molecule has 2 aromatic carbocycles. The standard InChI is InChI=1S/C26H23N7O7S/c1-13-28-22(32-40-13)14-4-6-16(7-5-14)29-19(15-10-17(37-2)20-18(11-15)38-8-3-9-39-20)23-30-26(36)33(31-23)24-21(25(34)35)41-12-27-24/h4-7,10-12,19,29H,3,8-9H2,1-2H3,(H,34,35)(H,30,31,36). The lowest BCUT2D eigenvalue weighted by Gasteiger charge is -2.21. The highest BCUT2D eigenvalue weighted by atomic mass is 32.1. The highest BCUT2D eigenvalue weighted by molar-refractivity contribution is 7.12. The first-order chi connectivity index (χ1) is 19.9. The second-order valence-corrected chi connectivity index (χ2v) is 9.78. The number of hydrogen-bond donors (Lipinski definition) is 3. The zero-order valence-corrected chi connectivity index (χ0v) is 22.6. The van der Waals surface area contributed by atoms with Gasteiger partial charge in [-0.05, 0) is 42.0 Å². The summed E-state index contributed by atoms with van der Waals surface area (Å²) in [4.78, 5) is 35.6. The maximum Gasteiger partial charge on any atom is 0.349 e. The molecule has 41 heavy (non-hydrogen) atoms. The predicted molar refractivity (Wildman–Crippen MR) is 145 cm³/mol. The molecule has 0 saturated carbocycles. The van der Waals surface area contributed by atoms with E-state index in [1.54, 1.807) is 19.1 Å². The van der Waals surface area contributed by atoms with Crippen molar-refractivity contribution in [3.63, 3.8) is 0 Å². The number of hydrogen-bond acceptors (Lipinski definition) is 12. The third kappa shape index (κ3) is 5.09. The number of aromatic nitrogens is 6. The van der Waals surface area contributed by atoms with Crippen molar-refractivity contribution in [2.45, 2.75) is 19.4 Å². The van der Waals surface area contributed by atoms with E-state index in [2.05, 4.69) is 30.5 Å². The predicted octanol–water partition coefficient (Wildman–Crippen LogP) is 3.45. The molecule has 0 amide bonds. The van der Waals surface area contributed by atoms with E-state index in [0.717, 1.165) is 21.6 Å². The lowest BCUT2D eigenvalue weighted by Crippen LogP contribution is -2.18. The molecule has 1 atom stereocenters. The number of nitrogens with one attached hydrogen (secondary N) is 2. The molecule has 210 valence electrons. The molecule has 0 radical (unpaired) electrons. The van der Waals surface area contributed by atoms with Crippen LogP contribution < -0.4 is 25.2 Å². The topological polar surface area (TPSA) is 180 Å². The Kier molecular flexibility index (Phi) is 6.84. The van der Waals surface area contributed by atoms with Crippen LogP contribution in [-0.4, -0.2) is 61.3 Å². The molecule has 0 saturated heterocycles. The number of nitrogens with zero attached hydrogens (tertiary/aromatic N) is 5. The van der Waals surface area contributed by atoms with Gasteiger partial charge in [0.2, 0.25) is 17.5 Å². The van der Waals surface area contributed by atoms with Crippen LogP contribution in [0.1, 0.15) is 39.4 Å². The summed E-state index contributed by atoms with van der Waals surface area (Å²) >= 11 is 0.897. The van der Waals surface area contributed by atoms with Gasteiger partial charge < -0.3 is 29.2 Å². The summed E-state index contributed by atoms with van der Waals surface area (Å²) in [5, 5.41) is 21.3. The smallest absolute Gasteiger partial charge is 0.349 e. The van der Waals surface area contributed by atoms with Crippen LogP contribution in [0.25, 0.3) is 17.2 Å². The van der Waals surface area contributed by atoms with Gasteiger partial charge in [0.15, 0.2) is 28.0 Å². The van der Waals surface area contributed by atoms with Crippen molar-refractivity contribution in [2.75, 3.05) is 25.6 Å². The summed E-state index contributed by atoms with van der Waals surface area (Å²) < 4.78 is 23.4. The van der Waals surface area contributed by atoms with E-state index in [9.17, 15) is 14.7 Å². The number of thiazole rings is 1. The van der Waals surface area contributed by atoms with Gasteiger partial charge in [0.1, 0.15) is 6.04 Å². The van der Waals surface area contributed by atoms with Crippen LogP contribution in [0, 0.1) is 6.92 Å². The number of aromatic amines is 1. The third-order valence-corrected chi connectivity index (χ3v) is 7.03. The van der Waals surface area contributed by atoms with Crippen LogP contribution in [0.3, 0.4) is 0 Å². The number of aryl methyl sites for hydroxylation is 1. The fourth-order valence-corrected chi connectivity index (χ4v) is 4.94. The second kappa shape index (κ2) is 10.8. The van der Waals surface area contributed by atoms with Gasteiger partial charge in [-0.3, -0.25) is 4.98 Å². The molecule has 1 unspecified atom stereocenters. The Morgan fingerprint density at radius 3 is 2.76 bits per heavy atom. The van der Waals surface area contributed by atoms with Crippen molar-refractivity contribution in [1.82, 2.24) is 29.9 Å². The second-order valence-electron chi connectivity index (χ2n) is 8.93. The van der Waals surface area contributed by atoms with E-state index in [1.807, 2.05) is 24.3 Å². The molecule has 0 bridgehead atoms. The zero-order valence-electron chi connectivity index (χ0n) is 21.8. The summed E-state index contributed by atoms with van der Waals surface area (Å²) in [7, 11) is 1.53. The minimum atomic E-state index is -1.21. The van der Waals surface area contributed by atoms with Crippen molar-refractivity contribution >= 4 is 23.0 Å². The van der Waals surface area contributed by atoms with E-state index in [4.69, 9.17) is 18.7 Å².